The summed E-state index contributed by atoms with van der Waals surface area (Å²) in [6.07, 6.45) is 2.04. The van der Waals surface area contributed by atoms with E-state index in [0.717, 1.165) is 12.8 Å². The zero-order valence-corrected chi connectivity index (χ0v) is 9.56. The molecule has 0 spiro atoms. The molecule has 1 N–H and O–H groups in total. The number of thiocarbonyl (C=S) groups is 1. The highest BCUT2D eigenvalue weighted by Crippen LogP contribution is 2.04. The lowest BCUT2D eigenvalue weighted by atomic mass is 10.1. The van der Waals surface area contributed by atoms with Crippen molar-refractivity contribution in [2.24, 2.45) is 5.92 Å². The maximum absolute atomic E-state index is 9.42. The van der Waals surface area contributed by atoms with Crippen LogP contribution < -0.4 is 0 Å². The Morgan fingerprint density at radius 3 is 2.46 bits per heavy atom. The molecule has 1 unspecified atom stereocenters. The maximum Gasteiger partial charge on any atom is 0.188 e. The highest BCUT2D eigenvalue weighted by atomic mass is 32.1. The summed E-state index contributed by atoms with van der Waals surface area (Å²) in [4.78, 5) is 0. The Bertz CT molecular complexity index is 146. The molecule has 0 aromatic rings. The molecule has 3 heteroatoms. The van der Waals surface area contributed by atoms with Gasteiger partial charge in [0.05, 0.1) is 6.61 Å². The van der Waals surface area contributed by atoms with Gasteiger partial charge in [-0.25, -0.2) is 0 Å². The van der Waals surface area contributed by atoms with E-state index >= 15 is 0 Å². The highest BCUT2D eigenvalue weighted by molar-refractivity contribution is 7.80. The van der Waals surface area contributed by atoms with E-state index in [-0.39, 0.29) is 0 Å². The van der Waals surface area contributed by atoms with E-state index < -0.39 is 6.10 Å². The number of aliphatic hydroxyl groups is 1. The number of rotatable bonds is 6. The van der Waals surface area contributed by atoms with Gasteiger partial charge in [0.1, 0.15) is 6.10 Å². The average Bonchev–Trinajstić information content (AvgIpc) is 2.04. The minimum atomic E-state index is -0.563. The predicted molar refractivity (Wildman–Crippen MR) is 58.9 cm³/mol. The molecule has 0 aromatic heterocycles. The average molecular weight is 204 g/mol. The van der Waals surface area contributed by atoms with Gasteiger partial charge < -0.3 is 9.84 Å². The molecule has 2 nitrogen and oxygen atoms in total. The SMILES string of the molecule is CCCC(O)C(=S)OCCC(C)C. The van der Waals surface area contributed by atoms with E-state index in [1.54, 1.807) is 0 Å². The molecule has 0 aliphatic heterocycles. The Hall–Kier alpha value is -0.150. The zero-order valence-electron chi connectivity index (χ0n) is 8.75. The Morgan fingerprint density at radius 2 is 2.00 bits per heavy atom. The van der Waals surface area contributed by atoms with Crippen molar-refractivity contribution in [3.8, 4) is 0 Å². The van der Waals surface area contributed by atoms with E-state index in [1.807, 2.05) is 6.92 Å². The van der Waals surface area contributed by atoms with Gasteiger partial charge in [-0.3, -0.25) is 0 Å². The van der Waals surface area contributed by atoms with Crippen LogP contribution in [0.15, 0.2) is 0 Å². The van der Waals surface area contributed by atoms with Crippen LogP contribution in [0.25, 0.3) is 0 Å². The van der Waals surface area contributed by atoms with E-state index in [1.165, 1.54) is 0 Å². The third-order valence-electron chi connectivity index (χ3n) is 1.77. The molecule has 0 rings (SSSR count). The molecule has 0 heterocycles. The van der Waals surface area contributed by atoms with E-state index in [9.17, 15) is 5.11 Å². The molecule has 0 fully saturated rings. The van der Waals surface area contributed by atoms with Gasteiger partial charge in [0.25, 0.3) is 0 Å². The highest BCUT2D eigenvalue weighted by Gasteiger charge is 2.10. The van der Waals surface area contributed by atoms with E-state index in [4.69, 9.17) is 17.0 Å². The Balaban J connectivity index is 3.50. The van der Waals surface area contributed by atoms with E-state index in [0.29, 0.717) is 24.0 Å². The number of hydrogen-bond donors (Lipinski definition) is 1. The Kier molecular flexibility index (Phi) is 7.19. The van der Waals surface area contributed by atoms with Gasteiger partial charge in [-0.1, -0.05) is 27.2 Å². The van der Waals surface area contributed by atoms with Crippen LogP contribution >= 0.6 is 12.2 Å². The minimum Gasteiger partial charge on any atom is -0.484 e. The van der Waals surface area contributed by atoms with Crippen LogP contribution in [-0.4, -0.2) is 22.9 Å². The zero-order chi connectivity index (χ0) is 10.3. The third-order valence-corrected chi connectivity index (χ3v) is 2.16. The molecular formula is C10H20O2S. The molecular weight excluding hydrogens is 184 g/mol. The van der Waals surface area contributed by atoms with Gasteiger partial charge in [-0.05, 0) is 31.0 Å². The lowest BCUT2D eigenvalue weighted by Gasteiger charge is -2.13. The fourth-order valence-electron chi connectivity index (χ4n) is 0.883. The summed E-state index contributed by atoms with van der Waals surface area (Å²) in [7, 11) is 0. The first-order valence-electron chi connectivity index (χ1n) is 4.92. The van der Waals surface area contributed by atoms with Crippen LogP contribution in [0.2, 0.25) is 0 Å². The summed E-state index contributed by atoms with van der Waals surface area (Å²) in [6, 6.07) is 0. The second-order valence-corrected chi connectivity index (χ2v) is 4.06. The molecule has 0 aliphatic carbocycles. The van der Waals surface area contributed by atoms with Crippen molar-refractivity contribution in [1.29, 1.82) is 0 Å². The third kappa shape index (κ3) is 6.96. The van der Waals surface area contributed by atoms with E-state index in [2.05, 4.69) is 13.8 Å². The summed E-state index contributed by atoms with van der Waals surface area (Å²) in [5, 5.41) is 9.77. The van der Waals surface area contributed by atoms with Crippen molar-refractivity contribution in [1.82, 2.24) is 0 Å². The lowest BCUT2D eigenvalue weighted by Crippen LogP contribution is -2.21. The first-order valence-corrected chi connectivity index (χ1v) is 5.33. The van der Waals surface area contributed by atoms with Gasteiger partial charge in [0.15, 0.2) is 5.05 Å². The second kappa shape index (κ2) is 7.27. The van der Waals surface area contributed by atoms with Crippen molar-refractivity contribution in [3.05, 3.63) is 0 Å². The first-order chi connectivity index (χ1) is 6.07. The molecule has 0 saturated carbocycles. The normalized spacial score (nSPS) is 13.0. The van der Waals surface area contributed by atoms with Gasteiger partial charge in [0.2, 0.25) is 0 Å². The van der Waals surface area contributed by atoms with Crippen molar-refractivity contribution in [2.45, 2.75) is 46.1 Å². The van der Waals surface area contributed by atoms with Crippen molar-refractivity contribution in [3.63, 3.8) is 0 Å². The van der Waals surface area contributed by atoms with Gasteiger partial charge in [-0.2, -0.15) is 0 Å². The van der Waals surface area contributed by atoms with Crippen LogP contribution in [0, 0.1) is 5.92 Å². The van der Waals surface area contributed by atoms with Crippen molar-refractivity contribution < 1.29 is 9.84 Å². The predicted octanol–water partition coefficient (Wildman–Crippen LogP) is 2.54. The van der Waals surface area contributed by atoms with Crippen molar-refractivity contribution in [2.75, 3.05) is 6.61 Å². The Morgan fingerprint density at radius 1 is 1.38 bits per heavy atom. The molecule has 1 atom stereocenters. The molecule has 0 saturated heterocycles. The van der Waals surface area contributed by atoms with Gasteiger partial charge in [0, 0.05) is 0 Å². The second-order valence-electron chi connectivity index (χ2n) is 3.65. The first kappa shape index (κ1) is 12.8. The summed E-state index contributed by atoms with van der Waals surface area (Å²) in [6.45, 7) is 6.90. The van der Waals surface area contributed by atoms with Crippen LogP contribution in [0.3, 0.4) is 0 Å². The van der Waals surface area contributed by atoms with Crippen molar-refractivity contribution >= 4 is 17.3 Å². The molecule has 0 aromatic carbocycles. The molecule has 13 heavy (non-hydrogen) atoms. The van der Waals surface area contributed by atoms with Crippen LogP contribution in [-0.2, 0) is 4.74 Å². The quantitative estimate of drug-likeness (QED) is 0.674. The van der Waals surface area contributed by atoms with Crippen LogP contribution in [0.1, 0.15) is 40.0 Å². The minimum absolute atomic E-state index is 0.350. The van der Waals surface area contributed by atoms with Gasteiger partial charge >= 0.3 is 0 Å². The fraction of sp³-hybridized carbons (Fsp3) is 0.900. The van der Waals surface area contributed by atoms with Gasteiger partial charge in [-0.15, -0.1) is 0 Å². The number of ether oxygens (including phenoxy) is 1. The summed E-state index contributed by atoms with van der Waals surface area (Å²) in [5.74, 6) is 0.617. The van der Waals surface area contributed by atoms with Crippen LogP contribution in [0.4, 0.5) is 0 Å². The molecule has 0 aliphatic rings. The summed E-state index contributed by atoms with van der Waals surface area (Å²) in [5.41, 5.74) is 0. The molecule has 0 radical (unpaired) electrons. The molecule has 0 bridgehead atoms. The monoisotopic (exact) mass is 204 g/mol. The largest absolute Gasteiger partial charge is 0.484 e. The fourth-order valence-corrected chi connectivity index (χ4v) is 1.08. The molecule has 78 valence electrons. The standard InChI is InChI=1S/C10H20O2S/c1-4-5-9(11)10(13)12-7-6-8(2)3/h8-9,11H,4-7H2,1-3H3. The number of aliphatic hydroxyl groups excluding tert-OH is 1. The lowest BCUT2D eigenvalue weighted by molar-refractivity contribution is 0.178. The van der Waals surface area contributed by atoms with Crippen LogP contribution in [0.5, 0.6) is 0 Å². The smallest absolute Gasteiger partial charge is 0.188 e. The Labute approximate surface area is 86.3 Å². The topological polar surface area (TPSA) is 29.5 Å². The summed E-state index contributed by atoms with van der Waals surface area (Å²) >= 11 is 4.92. The number of hydrogen-bond acceptors (Lipinski definition) is 3. The maximum atomic E-state index is 9.42. The molecule has 0 amide bonds. The summed E-state index contributed by atoms with van der Waals surface area (Å²) < 4.78 is 5.25.